The molecule has 0 aliphatic heterocycles. The lowest BCUT2D eigenvalue weighted by atomic mass is 9.64. The van der Waals surface area contributed by atoms with E-state index in [1.165, 1.54) is 12.0 Å². The summed E-state index contributed by atoms with van der Waals surface area (Å²) in [6.45, 7) is 9.13. The second kappa shape index (κ2) is 3.27. The standard InChI is InChI=1S/C12H19NOS/c1-11(2)5-9-10(12(3,4)7-11)8(6-15)13-14-9/h15H,5-7H2,1-4H3. The summed E-state index contributed by atoms with van der Waals surface area (Å²) in [5.41, 5.74) is 2.80. The third kappa shape index (κ3) is 1.82. The largest absolute Gasteiger partial charge is 0.361 e. The van der Waals surface area contributed by atoms with Gasteiger partial charge in [0.25, 0.3) is 0 Å². The molecular formula is C12H19NOS. The lowest BCUT2D eigenvalue weighted by Crippen LogP contribution is -2.34. The van der Waals surface area contributed by atoms with Crippen molar-refractivity contribution in [3.8, 4) is 0 Å². The van der Waals surface area contributed by atoms with E-state index in [-0.39, 0.29) is 5.41 Å². The molecule has 0 fully saturated rings. The van der Waals surface area contributed by atoms with Gasteiger partial charge < -0.3 is 4.52 Å². The Morgan fingerprint density at radius 1 is 1.33 bits per heavy atom. The SMILES string of the molecule is CC1(C)Cc2onc(CS)c2C(C)(C)C1. The molecule has 0 radical (unpaired) electrons. The van der Waals surface area contributed by atoms with Crippen LogP contribution < -0.4 is 0 Å². The van der Waals surface area contributed by atoms with Crippen LogP contribution in [0.5, 0.6) is 0 Å². The fraction of sp³-hybridized carbons (Fsp3) is 0.750. The molecule has 0 aromatic carbocycles. The highest BCUT2D eigenvalue weighted by molar-refractivity contribution is 7.79. The lowest BCUT2D eigenvalue weighted by Gasteiger charge is -2.39. The molecule has 84 valence electrons. The molecule has 1 aliphatic carbocycles. The van der Waals surface area contributed by atoms with Gasteiger partial charge in [-0.2, -0.15) is 12.6 Å². The molecule has 0 saturated heterocycles. The van der Waals surface area contributed by atoms with Crippen LogP contribution in [0.25, 0.3) is 0 Å². The first-order valence-corrected chi connectivity index (χ1v) is 6.08. The van der Waals surface area contributed by atoms with Crippen molar-refractivity contribution in [1.82, 2.24) is 5.16 Å². The molecule has 0 bridgehead atoms. The van der Waals surface area contributed by atoms with E-state index < -0.39 is 0 Å². The Morgan fingerprint density at radius 2 is 2.00 bits per heavy atom. The fourth-order valence-corrected chi connectivity index (χ4v) is 3.36. The average Bonchev–Trinajstić information content (AvgIpc) is 2.43. The normalized spacial score (nSPS) is 22.5. The molecule has 1 aromatic heterocycles. The molecule has 2 nitrogen and oxygen atoms in total. The Balaban J connectivity index is 2.53. The molecule has 0 saturated carbocycles. The van der Waals surface area contributed by atoms with Gasteiger partial charge in [0.15, 0.2) is 0 Å². The van der Waals surface area contributed by atoms with Crippen LogP contribution in [0.1, 0.15) is 51.1 Å². The number of aromatic nitrogens is 1. The molecule has 15 heavy (non-hydrogen) atoms. The molecule has 0 spiro atoms. The number of rotatable bonds is 1. The van der Waals surface area contributed by atoms with Crippen LogP contribution in [0.15, 0.2) is 4.52 Å². The smallest absolute Gasteiger partial charge is 0.141 e. The van der Waals surface area contributed by atoms with Crippen molar-refractivity contribution in [3.63, 3.8) is 0 Å². The molecule has 0 atom stereocenters. The van der Waals surface area contributed by atoms with E-state index in [0.29, 0.717) is 11.2 Å². The summed E-state index contributed by atoms with van der Waals surface area (Å²) in [4.78, 5) is 0. The molecular weight excluding hydrogens is 206 g/mol. The Hall–Kier alpha value is -0.440. The van der Waals surface area contributed by atoms with Crippen LogP contribution in [0.4, 0.5) is 0 Å². The van der Waals surface area contributed by atoms with E-state index in [1.807, 2.05) is 0 Å². The van der Waals surface area contributed by atoms with Crippen molar-refractivity contribution < 1.29 is 4.52 Å². The van der Waals surface area contributed by atoms with Gasteiger partial charge in [-0.05, 0) is 17.3 Å². The molecule has 0 unspecified atom stereocenters. The minimum absolute atomic E-state index is 0.162. The summed E-state index contributed by atoms with van der Waals surface area (Å²) in [6, 6.07) is 0. The van der Waals surface area contributed by atoms with Crippen molar-refractivity contribution >= 4 is 12.6 Å². The Kier molecular flexibility index (Phi) is 2.41. The van der Waals surface area contributed by atoms with Gasteiger partial charge in [-0.1, -0.05) is 32.9 Å². The topological polar surface area (TPSA) is 26.0 Å². The first-order chi connectivity index (χ1) is 6.86. The third-order valence-electron chi connectivity index (χ3n) is 3.22. The summed E-state index contributed by atoms with van der Waals surface area (Å²) in [7, 11) is 0. The summed E-state index contributed by atoms with van der Waals surface area (Å²) >= 11 is 4.31. The number of fused-ring (bicyclic) bond motifs is 1. The zero-order valence-electron chi connectivity index (χ0n) is 9.92. The molecule has 0 N–H and O–H groups in total. The monoisotopic (exact) mass is 225 g/mol. The van der Waals surface area contributed by atoms with Crippen LogP contribution in [0.2, 0.25) is 0 Å². The van der Waals surface area contributed by atoms with Crippen molar-refractivity contribution in [3.05, 3.63) is 17.0 Å². The van der Waals surface area contributed by atoms with E-state index >= 15 is 0 Å². The maximum absolute atomic E-state index is 5.45. The van der Waals surface area contributed by atoms with E-state index in [2.05, 4.69) is 45.5 Å². The Morgan fingerprint density at radius 3 is 2.60 bits per heavy atom. The zero-order valence-corrected chi connectivity index (χ0v) is 10.8. The quantitative estimate of drug-likeness (QED) is 0.742. The lowest BCUT2D eigenvalue weighted by molar-refractivity contribution is 0.203. The number of nitrogens with zero attached hydrogens (tertiary/aromatic N) is 1. The highest BCUT2D eigenvalue weighted by Crippen LogP contribution is 2.46. The number of thiol groups is 1. The highest BCUT2D eigenvalue weighted by atomic mass is 32.1. The van der Waals surface area contributed by atoms with E-state index in [4.69, 9.17) is 4.52 Å². The van der Waals surface area contributed by atoms with Gasteiger partial charge in [0.1, 0.15) is 5.76 Å². The van der Waals surface area contributed by atoms with Crippen LogP contribution >= 0.6 is 12.6 Å². The molecule has 2 rings (SSSR count). The molecule has 0 amide bonds. The summed E-state index contributed by atoms with van der Waals surface area (Å²) in [6.07, 6.45) is 2.17. The first kappa shape index (κ1) is 11.1. The van der Waals surface area contributed by atoms with E-state index in [9.17, 15) is 0 Å². The van der Waals surface area contributed by atoms with Gasteiger partial charge in [0, 0.05) is 17.7 Å². The average molecular weight is 225 g/mol. The molecule has 1 heterocycles. The van der Waals surface area contributed by atoms with E-state index in [0.717, 1.165) is 17.9 Å². The van der Waals surface area contributed by atoms with Crippen LogP contribution in [0, 0.1) is 5.41 Å². The van der Waals surface area contributed by atoms with E-state index in [1.54, 1.807) is 0 Å². The zero-order chi connectivity index (χ0) is 11.3. The van der Waals surface area contributed by atoms with Crippen molar-refractivity contribution in [1.29, 1.82) is 0 Å². The van der Waals surface area contributed by atoms with Crippen LogP contribution in [0.3, 0.4) is 0 Å². The summed E-state index contributed by atoms with van der Waals surface area (Å²) in [5, 5.41) is 4.13. The van der Waals surface area contributed by atoms with Crippen molar-refractivity contribution in [2.75, 3.05) is 0 Å². The minimum atomic E-state index is 0.162. The first-order valence-electron chi connectivity index (χ1n) is 5.44. The minimum Gasteiger partial charge on any atom is -0.361 e. The molecule has 1 aliphatic rings. The van der Waals surface area contributed by atoms with Crippen LogP contribution in [-0.4, -0.2) is 5.16 Å². The van der Waals surface area contributed by atoms with Gasteiger partial charge in [-0.3, -0.25) is 0 Å². The van der Waals surface area contributed by atoms with Crippen molar-refractivity contribution in [2.45, 2.75) is 51.7 Å². The Bertz CT molecular complexity index is 379. The second-order valence-electron chi connectivity index (χ2n) is 5.99. The third-order valence-corrected chi connectivity index (χ3v) is 3.52. The second-order valence-corrected chi connectivity index (χ2v) is 6.30. The summed E-state index contributed by atoms with van der Waals surface area (Å²) in [5.74, 6) is 1.74. The van der Waals surface area contributed by atoms with Gasteiger partial charge in [0.05, 0.1) is 5.69 Å². The highest BCUT2D eigenvalue weighted by Gasteiger charge is 2.41. The number of hydrogen-bond acceptors (Lipinski definition) is 3. The van der Waals surface area contributed by atoms with Crippen LogP contribution in [-0.2, 0) is 17.6 Å². The van der Waals surface area contributed by atoms with Gasteiger partial charge in [0.2, 0.25) is 0 Å². The maximum Gasteiger partial charge on any atom is 0.141 e. The fourth-order valence-electron chi connectivity index (χ4n) is 3.14. The van der Waals surface area contributed by atoms with Gasteiger partial charge >= 0.3 is 0 Å². The van der Waals surface area contributed by atoms with Gasteiger partial charge in [-0.15, -0.1) is 0 Å². The number of hydrogen-bond donors (Lipinski definition) is 1. The molecule has 1 aromatic rings. The predicted octanol–water partition coefficient (Wildman–Crippen LogP) is 3.35. The predicted molar refractivity (Wildman–Crippen MR) is 64.3 cm³/mol. The molecule has 3 heteroatoms. The van der Waals surface area contributed by atoms with Crippen molar-refractivity contribution in [2.24, 2.45) is 5.41 Å². The Labute approximate surface area is 96.8 Å². The maximum atomic E-state index is 5.45. The summed E-state index contributed by atoms with van der Waals surface area (Å²) < 4.78 is 5.45. The van der Waals surface area contributed by atoms with Gasteiger partial charge in [-0.25, -0.2) is 0 Å².